The second-order valence-corrected chi connectivity index (χ2v) is 6.30. The number of hydrogen-bond donors (Lipinski definition) is 1. The predicted octanol–water partition coefficient (Wildman–Crippen LogP) is 3.67. The fraction of sp³-hybridized carbons (Fsp3) is 0.562. The van der Waals surface area contributed by atoms with Crippen LogP contribution in [0.2, 0.25) is 5.02 Å². The molecule has 0 spiro atoms. The van der Waals surface area contributed by atoms with Crippen LogP contribution in [0.3, 0.4) is 0 Å². The molecule has 0 aliphatic rings. The lowest BCUT2D eigenvalue weighted by molar-refractivity contribution is -0.120. The van der Waals surface area contributed by atoms with Gasteiger partial charge in [-0.25, -0.2) is 0 Å². The molecule has 0 aliphatic carbocycles. The van der Waals surface area contributed by atoms with Crippen molar-refractivity contribution in [1.82, 2.24) is 10.2 Å². The van der Waals surface area contributed by atoms with Gasteiger partial charge in [0.25, 0.3) is 0 Å². The Kier molecular flexibility index (Phi) is 9.55. The molecule has 1 aromatic rings. The fourth-order valence-corrected chi connectivity index (χ4v) is 3.16. The van der Waals surface area contributed by atoms with E-state index in [1.54, 1.807) is 11.8 Å². The summed E-state index contributed by atoms with van der Waals surface area (Å²) in [4.78, 5) is 15.1. The van der Waals surface area contributed by atoms with Crippen molar-refractivity contribution in [2.75, 3.05) is 31.9 Å². The standard InChI is InChI=1S/C16H25ClN2OS/c1-3-19(4-2)12-7-11-18-16(20)10-13-21-15-9-6-5-8-14(15)17/h5-6,8-9H,3-4,7,10-13H2,1-2H3,(H,18,20). The number of halogens is 1. The van der Waals surface area contributed by atoms with E-state index in [1.807, 2.05) is 24.3 Å². The Morgan fingerprint density at radius 2 is 2.00 bits per heavy atom. The quantitative estimate of drug-likeness (QED) is 0.525. The van der Waals surface area contributed by atoms with Crippen molar-refractivity contribution in [3.05, 3.63) is 29.3 Å². The highest BCUT2D eigenvalue weighted by Gasteiger charge is 2.04. The summed E-state index contributed by atoms with van der Waals surface area (Å²) in [5, 5.41) is 3.73. The zero-order valence-electron chi connectivity index (χ0n) is 12.9. The van der Waals surface area contributed by atoms with Crippen molar-refractivity contribution in [1.29, 1.82) is 0 Å². The van der Waals surface area contributed by atoms with Crippen molar-refractivity contribution in [3.8, 4) is 0 Å². The summed E-state index contributed by atoms with van der Waals surface area (Å²) >= 11 is 7.70. The van der Waals surface area contributed by atoms with Crippen LogP contribution in [0.5, 0.6) is 0 Å². The highest BCUT2D eigenvalue weighted by atomic mass is 35.5. The van der Waals surface area contributed by atoms with Crippen molar-refractivity contribution < 1.29 is 4.79 Å². The van der Waals surface area contributed by atoms with Gasteiger partial charge in [0.15, 0.2) is 0 Å². The molecule has 1 aromatic carbocycles. The van der Waals surface area contributed by atoms with Crippen LogP contribution in [0, 0.1) is 0 Å². The fourth-order valence-electron chi connectivity index (χ4n) is 1.97. The topological polar surface area (TPSA) is 32.3 Å². The number of benzene rings is 1. The molecule has 3 nitrogen and oxygen atoms in total. The molecule has 0 unspecified atom stereocenters. The Labute approximate surface area is 137 Å². The van der Waals surface area contributed by atoms with Gasteiger partial charge < -0.3 is 10.2 Å². The van der Waals surface area contributed by atoms with E-state index in [9.17, 15) is 4.79 Å². The van der Waals surface area contributed by atoms with E-state index in [2.05, 4.69) is 24.1 Å². The first-order valence-electron chi connectivity index (χ1n) is 7.53. The molecule has 118 valence electrons. The van der Waals surface area contributed by atoms with Gasteiger partial charge in [0.1, 0.15) is 0 Å². The molecule has 0 saturated carbocycles. The maximum Gasteiger partial charge on any atom is 0.220 e. The van der Waals surface area contributed by atoms with E-state index in [1.165, 1.54) is 0 Å². The lowest BCUT2D eigenvalue weighted by Gasteiger charge is -2.17. The van der Waals surface area contributed by atoms with Crippen LogP contribution in [0.1, 0.15) is 26.7 Å². The van der Waals surface area contributed by atoms with Crippen molar-refractivity contribution in [3.63, 3.8) is 0 Å². The van der Waals surface area contributed by atoms with Crippen LogP contribution in [-0.4, -0.2) is 42.7 Å². The molecular formula is C16H25ClN2OS. The van der Waals surface area contributed by atoms with E-state index in [0.29, 0.717) is 6.42 Å². The minimum Gasteiger partial charge on any atom is -0.356 e. The molecular weight excluding hydrogens is 304 g/mol. The van der Waals surface area contributed by atoms with Crippen molar-refractivity contribution in [2.24, 2.45) is 0 Å². The zero-order valence-corrected chi connectivity index (χ0v) is 14.5. The minimum absolute atomic E-state index is 0.120. The Hall–Kier alpha value is -0.710. The highest BCUT2D eigenvalue weighted by molar-refractivity contribution is 7.99. The SMILES string of the molecule is CCN(CC)CCCNC(=O)CCSc1ccccc1Cl. The first-order valence-corrected chi connectivity index (χ1v) is 8.90. The number of amides is 1. The van der Waals surface area contributed by atoms with Gasteiger partial charge in [0.05, 0.1) is 5.02 Å². The number of thioether (sulfide) groups is 1. The third kappa shape index (κ3) is 7.74. The van der Waals surface area contributed by atoms with Crippen LogP contribution in [0.4, 0.5) is 0 Å². The van der Waals surface area contributed by atoms with Gasteiger partial charge in [0.2, 0.25) is 5.91 Å². The molecule has 0 bridgehead atoms. The number of rotatable bonds is 10. The molecule has 0 saturated heterocycles. The smallest absolute Gasteiger partial charge is 0.220 e. The molecule has 5 heteroatoms. The monoisotopic (exact) mass is 328 g/mol. The van der Waals surface area contributed by atoms with Crippen molar-refractivity contribution in [2.45, 2.75) is 31.6 Å². The van der Waals surface area contributed by atoms with Crippen LogP contribution in [0.15, 0.2) is 29.2 Å². The summed E-state index contributed by atoms with van der Waals surface area (Å²) < 4.78 is 0. The molecule has 1 N–H and O–H groups in total. The summed E-state index contributed by atoms with van der Waals surface area (Å²) in [6.45, 7) is 8.26. The molecule has 0 aliphatic heterocycles. The van der Waals surface area contributed by atoms with Crippen LogP contribution in [0.25, 0.3) is 0 Å². The predicted molar refractivity (Wildman–Crippen MR) is 92.2 cm³/mol. The Balaban J connectivity index is 2.10. The number of nitrogens with zero attached hydrogens (tertiary/aromatic N) is 1. The Morgan fingerprint density at radius 3 is 2.67 bits per heavy atom. The second-order valence-electron chi connectivity index (χ2n) is 4.76. The van der Waals surface area contributed by atoms with Gasteiger partial charge in [-0.05, 0) is 38.2 Å². The largest absolute Gasteiger partial charge is 0.356 e. The average molecular weight is 329 g/mol. The third-order valence-electron chi connectivity index (χ3n) is 3.29. The van der Waals surface area contributed by atoms with E-state index in [-0.39, 0.29) is 5.91 Å². The minimum atomic E-state index is 0.120. The number of carbonyl (C=O) groups excluding carboxylic acids is 1. The molecule has 0 atom stereocenters. The molecule has 1 rings (SSSR count). The Morgan fingerprint density at radius 1 is 1.29 bits per heavy atom. The average Bonchev–Trinajstić information content (AvgIpc) is 2.49. The molecule has 0 heterocycles. The number of hydrogen-bond acceptors (Lipinski definition) is 3. The normalized spacial score (nSPS) is 10.9. The summed E-state index contributed by atoms with van der Waals surface area (Å²) in [6.07, 6.45) is 1.53. The van der Waals surface area contributed by atoms with E-state index < -0.39 is 0 Å². The first kappa shape index (κ1) is 18.3. The second kappa shape index (κ2) is 10.9. The molecule has 21 heavy (non-hydrogen) atoms. The van der Waals surface area contributed by atoms with Gasteiger partial charge in [-0.15, -0.1) is 11.8 Å². The summed E-state index contributed by atoms with van der Waals surface area (Å²) in [5.41, 5.74) is 0. The van der Waals surface area contributed by atoms with Crippen LogP contribution >= 0.6 is 23.4 Å². The first-order chi connectivity index (χ1) is 10.2. The Bertz CT molecular complexity index is 424. The van der Waals surface area contributed by atoms with Crippen LogP contribution < -0.4 is 5.32 Å². The van der Waals surface area contributed by atoms with E-state index >= 15 is 0 Å². The van der Waals surface area contributed by atoms with E-state index in [4.69, 9.17) is 11.6 Å². The van der Waals surface area contributed by atoms with Crippen LogP contribution in [-0.2, 0) is 4.79 Å². The van der Waals surface area contributed by atoms with Gasteiger partial charge in [-0.1, -0.05) is 37.6 Å². The lowest BCUT2D eigenvalue weighted by atomic mass is 10.3. The summed E-state index contributed by atoms with van der Waals surface area (Å²) in [6, 6.07) is 7.72. The molecule has 0 fully saturated rings. The van der Waals surface area contributed by atoms with E-state index in [0.717, 1.165) is 48.3 Å². The lowest BCUT2D eigenvalue weighted by Crippen LogP contribution is -2.30. The molecule has 0 aromatic heterocycles. The third-order valence-corrected chi connectivity index (χ3v) is 4.81. The van der Waals surface area contributed by atoms with Gasteiger partial charge in [-0.3, -0.25) is 4.79 Å². The number of carbonyl (C=O) groups is 1. The maximum atomic E-state index is 11.7. The van der Waals surface area contributed by atoms with Gasteiger partial charge in [-0.2, -0.15) is 0 Å². The highest BCUT2D eigenvalue weighted by Crippen LogP contribution is 2.26. The molecule has 0 radical (unpaired) electrons. The summed E-state index contributed by atoms with van der Waals surface area (Å²) in [7, 11) is 0. The maximum absolute atomic E-state index is 11.7. The molecule has 1 amide bonds. The number of nitrogens with one attached hydrogen (secondary N) is 1. The van der Waals surface area contributed by atoms with Crippen molar-refractivity contribution >= 4 is 29.3 Å². The summed E-state index contributed by atoms with van der Waals surface area (Å²) in [5.74, 6) is 0.875. The zero-order chi connectivity index (χ0) is 15.5. The van der Waals surface area contributed by atoms with Gasteiger partial charge in [0, 0.05) is 23.6 Å². The van der Waals surface area contributed by atoms with Gasteiger partial charge >= 0.3 is 0 Å².